The number of fused-ring (bicyclic) bond motifs is 3. The van der Waals surface area contributed by atoms with E-state index in [1.54, 1.807) is 24.3 Å². The Morgan fingerprint density at radius 3 is 1.95 bits per heavy atom. The molecule has 1 amide bonds. The zero-order chi connectivity index (χ0) is 26.6. The van der Waals surface area contributed by atoms with E-state index in [1.807, 2.05) is 69.3 Å². The van der Waals surface area contributed by atoms with Gasteiger partial charge in [-0.1, -0.05) is 72.8 Å². The van der Waals surface area contributed by atoms with Crippen molar-refractivity contribution in [2.45, 2.75) is 51.2 Å². The lowest BCUT2D eigenvalue weighted by molar-refractivity contribution is -0.154. The van der Waals surface area contributed by atoms with Gasteiger partial charge >= 0.3 is 18.0 Å². The number of benzene rings is 3. The summed E-state index contributed by atoms with van der Waals surface area (Å²) in [5.41, 5.74) is 5.30. The summed E-state index contributed by atoms with van der Waals surface area (Å²) in [5, 5.41) is 12.1. The standard InChI is InChI=1S/C30H31NO6/c1-30(2,3)37-27(32)17-20-14-12-19(13-15-20)16-26(28(33)34)31-29(35)36-18-25-23-10-6-4-8-21(23)22-9-5-7-11-24(22)25/h4-15,25-26H,16-18H2,1-3H3,(H,31,35)(H,33,34). The lowest BCUT2D eigenvalue weighted by atomic mass is 9.98. The molecule has 2 N–H and O–H groups in total. The van der Waals surface area contributed by atoms with Crippen molar-refractivity contribution in [3.8, 4) is 11.1 Å². The minimum absolute atomic E-state index is 0.0756. The number of aliphatic carboxylic acids is 1. The van der Waals surface area contributed by atoms with Gasteiger partial charge in [-0.2, -0.15) is 0 Å². The first kappa shape index (κ1) is 25.9. The Morgan fingerprint density at radius 2 is 1.41 bits per heavy atom. The van der Waals surface area contributed by atoms with Gasteiger partial charge in [0.05, 0.1) is 6.42 Å². The number of alkyl carbamates (subject to hydrolysis) is 1. The van der Waals surface area contributed by atoms with Crippen molar-refractivity contribution in [3.63, 3.8) is 0 Å². The molecule has 0 spiro atoms. The summed E-state index contributed by atoms with van der Waals surface area (Å²) in [6, 6.07) is 21.9. The number of carboxylic acids is 1. The number of carbonyl (C=O) groups excluding carboxylic acids is 2. The summed E-state index contributed by atoms with van der Waals surface area (Å²) < 4.78 is 10.8. The summed E-state index contributed by atoms with van der Waals surface area (Å²) in [6.07, 6.45) is -0.583. The van der Waals surface area contributed by atoms with Crippen LogP contribution in [0.4, 0.5) is 4.79 Å². The van der Waals surface area contributed by atoms with Crippen LogP contribution in [0.5, 0.6) is 0 Å². The molecule has 0 saturated heterocycles. The molecule has 1 aliphatic rings. The van der Waals surface area contributed by atoms with Crippen LogP contribution >= 0.6 is 0 Å². The van der Waals surface area contributed by atoms with Crippen LogP contribution in [-0.2, 0) is 31.9 Å². The van der Waals surface area contributed by atoms with E-state index in [0.29, 0.717) is 5.56 Å². The van der Waals surface area contributed by atoms with Crippen molar-refractivity contribution >= 4 is 18.0 Å². The average molecular weight is 502 g/mol. The number of hydrogen-bond acceptors (Lipinski definition) is 5. The van der Waals surface area contributed by atoms with Crippen LogP contribution in [-0.4, -0.2) is 41.4 Å². The Balaban J connectivity index is 1.34. The fourth-order valence-corrected chi connectivity index (χ4v) is 4.56. The summed E-state index contributed by atoms with van der Waals surface area (Å²) in [5.74, 6) is -1.61. The lowest BCUT2D eigenvalue weighted by Crippen LogP contribution is -2.42. The summed E-state index contributed by atoms with van der Waals surface area (Å²) >= 11 is 0. The van der Waals surface area contributed by atoms with E-state index in [1.165, 1.54) is 0 Å². The zero-order valence-corrected chi connectivity index (χ0v) is 21.2. The molecule has 0 heterocycles. The second-order valence-corrected chi connectivity index (χ2v) is 10.1. The average Bonchev–Trinajstić information content (AvgIpc) is 3.16. The van der Waals surface area contributed by atoms with Gasteiger partial charge in [-0.3, -0.25) is 4.79 Å². The van der Waals surface area contributed by atoms with Gasteiger partial charge in [0, 0.05) is 12.3 Å². The predicted molar refractivity (Wildman–Crippen MR) is 139 cm³/mol. The molecule has 0 bridgehead atoms. The number of amides is 1. The minimum Gasteiger partial charge on any atom is -0.480 e. The van der Waals surface area contributed by atoms with Crippen LogP contribution < -0.4 is 5.32 Å². The third-order valence-electron chi connectivity index (χ3n) is 6.17. The van der Waals surface area contributed by atoms with Crippen molar-refractivity contribution in [3.05, 3.63) is 95.1 Å². The van der Waals surface area contributed by atoms with Crippen LogP contribution in [0.1, 0.15) is 48.9 Å². The molecule has 0 saturated carbocycles. The molecule has 0 aliphatic heterocycles. The predicted octanol–water partition coefficient (Wildman–Crippen LogP) is 5.11. The van der Waals surface area contributed by atoms with E-state index in [0.717, 1.165) is 27.8 Å². The summed E-state index contributed by atoms with van der Waals surface area (Å²) in [4.78, 5) is 36.4. The minimum atomic E-state index is -1.16. The van der Waals surface area contributed by atoms with E-state index >= 15 is 0 Å². The second-order valence-electron chi connectivity index (χ2n) is 10.1. The van der Waals surface area contributed by atoms with E-state index in [9.17, 15) is 19.5 Å². The Morgan fingerprint density at radius 1 is 0.865 bits per heavy atom. The molecule has 3 aromatic rings. The van der Waals surface area contributed by atoms with Crippen LogP contribution in [0.2, 0.25) is 0 Å². The molecule has 3 aromatic carbocycles. The van der Waals surface area contributed by atoms with Crippen LogP contribution in [0.25, 0.3) is 11.1 Å². The van der Waals surface area contributed by atoms with Gasteiger partial charge in [-0.05, 0) is 54.2 Å². The number of carbonyl (C=O) groups is 3. The molecule has 4 rings (SSSR count). The van der Waals surface area contributed by atoms with Crippen molar-refractivity contribution in [2.24, 2.45) is 0 Å². The molecule has 0 fully saturated rings. The lowest BCUT2D eigenvalue weighted by Gasteiger charge is -2.19. The highest BCUT2D eigenvalue weighted by molar-refractivity contribution is 5.81. The largest absolute Gasteiger partial charge is 0.480 e. The van der Waals surface area contributed by atoms with Gasteiger partial charge in [0.1, 0.15) is 18.2 Å². The molecule has 7 nitrogen and oxygen atoms in total. The van der Waals surface area contributed by atoms with Crippen molar-refractivity contribution in [2.75, 3.05) is 6.61 Å². The summed E-state index contributed by atoms with van der Waals surface area (Å²) in [6.45, 7) is 5.53. The van der Waals surface area contributed by atoms with E-state index in [4.69, 9.17) is 9.47 Å². The highest BCUT2D eigenvalue weighted by Crippen LogP contribution is 2.44. The van der Waals surface area contributed by atoms with Crippen LogP contribution in [0.3, 0.4) is 0 Å². The monoisotopic (exact) mass is 501 g/mol. The van der Waals surface area contributed by atoms with Crippen LogP contribution in [0.15, 0.2) is 72.8 Å². The maximum absolute atomic E-state index is 12.6. The Hall–Kier alpha value is -4.13. The first-order valence-electron chi connectivity index (χ1n) is 12.2. The van der Waals surface area contributed by atoms with Crippen molar-refractivity contribution in [1.29, 1.82) is 0 Å². The van der Waals surface area contributed by atoms with Gasteiger partial charge in [-0.25, -0.2) is 9.59 Å². The fraction of sp³-hybridized carbons (Fsp3) is 0.300. The van der Waals surface area contributed by atoms with Gasteiger partial charge in [-0.15, -0.1) is 0 Å². The maximum atomic E-state index is 12.6. The molecule has 37 heavy (non-hydrogen) atoms. The van der Waals surface area contributed by atoms with Gasteiger partial charge in [0.15, 0.2) is 0 Å². The molecular weight excluding hydrogens is 470 g/mol. The first-order chi connectivity index (χ1) is 17.6. The van der Waals surface area contributed by atoms with E-state index in [-0.39, 0.29) is 31.3 Å². The summed E-state index contributed by atoms with van der Waals surface area (Å²) in [7, 11) is 0. The van der Waals surface area contributed by atoms with Crippen molar-refractivity contribution in [1.82, 2.24) is 5.32 Å². The van der Waals surface area contributed by atoms with Crippen LogP contribution in [0, 0.1) is 0 Å². The number of esters is 1. The first-order valence-corrected chi connectivity index (χ1v) is 12.2. The van der Waals surface area contributed by atoms with E-state index < -0.39 is 23.7 Å². The highest BCUT2D eigenvalue weighted by atomic mass is 16.6. The van der Waals surface area contributed by atoms with Crippen molar-refractivity contribution < 1.29 is 29.0 Å². The molecule has 1 unspecified atom stereocenters. The molecule has 1 atom stereocenters. The number of hydrogen-bond donors (Lipinski definition) is 2. The van der Waals surface area contributed by atoms with E-state index in [2.05, 4.69) is 5.32 Å². The van der Waals surface area contributed by atoms with Gasteiger partial charge in [0.2, 0.25) is 0 Å². The molecule has 7 heteroatoms. The smallest absolute Gasteiger partial charge is 0.407 e. The molecule has 192 valence electrons. The molecule has 1 aliphatic carbocycles. The Kier molecular flexibility index (Phi) is 7.62. The number of nitrogens with one attached hydrogen (secondary N) is 1. The highest BCUT2D eigenvalue weighted by Gasteiger charge is 2.30. The normalized spacial score (nSPS) is 13.3. The Labute approximate surface area is 216 Å². The third-order valence-corrected chi connectivity index (χ3v) is 6.17. The SMILES string of the molecule is CC(C)(C)OC(=O)Cc1ccc(CC(NC(=O)OCC2c3ccccc3-c3ccccc32)C(=O)O)cc1. The number of carboxylic acid groups (broad SMARTS) is 1. The second kappa shape index (κ2) is 10.9. The topological polar surface area (TPSA) is 102 Å². The quantitative estimate of drug-likeness (QED) is 0.416. The zero-order valence-electron chi connectivity index (χ0n) is 21.2. The molecule has 0 aromatic heterocycles. The maximum Gasteiger partial charge on any atom is 0.407 e. The number of ether oxygens (including phenoxy) is 2. The third kappa shape index (κ3) is 6.55. The molecule has 0 radical (unpaired) electrons. The van der Waals surface area contributed by atoms with Gasteiger partial charge < -0.3 is 19.9 Å². The van der Waals surface area contributed by atoms with Gasteiger partial charge in [0.25, 0.3) is 0 Å². The Bertz CT molecular complexity index is 1250. The fourth-order valence-electron chi connectivity index (χ4n) is 4.56. The molecular formula is C30H31NO6. The number of rotatable bonds is 8.